The van der Waals surface area contributed by atoms with Crippen molar-refractivity contribution in [2.45, 2.75) is 69.5 Å². The van der Waals surface area contributed by atoms with Gasteiger partial charge in [-0.1, -0.05) is 18.2 Å². The monoisotopic (exact) mass is 820 g/mol. The van der Waals surface area contributed by atoms with Crippen molar-refractivity contribution >= 4 is 40.3 Å². The average molecular weight is 821 g/mol. The van der Waals surface area contributed by atoms with E-state index in [0.717, 1.165) is 85.0 Å². The number of aromatic nitrogens is 4. The van der Waals surface area contributed by atoms with Gasteiger partial charge in [-0.05, 0) is 118 Å². The number of nitrogens with zero attached hydrogens (tertiary/aromatic N) is 8. The Kier molecular flexibility index (Phi) is 9.52. The molecule has 5 fully saturated rings. The summed E-state index contributed by atoms with van der Waals surface area (Å²) in [5.74, 6) is 2.09. The number of ether oxygens (including phenoxy) is 1. The number of para-hydroxylation sites is 1. The normalized spacial score (nSPS) is 22.7. The number of hydrogen-bond acceptors (Lipinski definition) is 11. The van der Waals surface area contributed by atoms with E-state index in [1.165, 1.54) is 43.7 Å². The van der Waals surface area contributed by atoms with Gasteiger partial charge in [-0.25, -0.2) is 14.6 Å². The van der Waals surface area contributed by atoms with E-state index in [1.54, 1.807) is 6.33 Å². The van der Waals surface area contributed by atoms with Crippen LogP contribution in [0.5, 0.6) is 11.5 Å². The quantitative estimate of drug-likeness (QED) is 0.175. The summed E-state index contributed by atoms with van der Waals surface area (Å²) >= 11 is 0. The second-order valence-electron chi connectivity index (χ2n) is 18.3. The molecule has 1 unspecified atom stereocenters. The van der Waals surface area contributed by atoms with E-state index in [1.807, 2.05) is 72.8 Å². The summed E-state index contributed by atoms with van der Waals surface area (Å²) in [6, 6.07) is 24.1. The highest BCUT2D eigenvalue weighted by Gasteiger charge is 2.49. The maximum atomic E-state index is 13.3. The minimum atomic E-state index is -0.284. The lowest BCUT2D eigenvalue weighted by Gasteiger charge is -2.56. The summed E-state index contributed by atoms with van der Waals surface area (Å²) in [5, 5.41) is 8.76. The summed E-state index contributed by atoms with van der Waals surface area (Å²) in [6.45, 7) is 7.83. The van der Waals surface area contributed by atoms with Gasteiger partial charge in [0.05, 0.1) is 28.6 Å². The van der Waals surface area contributed by atoms with Gasteiger partial charge in [0.2, 0.25) is 5.91 Å². The van der Waals surface area contributed by atoms with Gasteiger partial charge in [0, 0.05) is 68.9 Å². The number of nitrogens with one attached hydrogen (secondary N) is 1. The van der Waals surface area contributed by atoms with Crippen LogP contribution in [0.25, 0.3) is 22.3 Å². The minimum absolute atomic E-state index is 0.0274. The molecule has 61 heavy (non-hydrogen) atoms. The molecule has 1 spiro atoms. The fraction of sp³-hybridized carbons (Fsp3) is 0.447. The van der Waals surface area contributed by atoms with Crippen LogP contribution in [0.3, 0.4) is 0 Å². The molecule has 0 bridgehead atoms. The summed E-state index contributed by atoms with van der Waals surface area (Å²) in [7, 11) is 0. The van der Waals surface area contributed by atoms with Crippen LogP contribution in [0.2, 0.25) is 0 Å². The van der Waals surface area contributed by atoms with Crippen LogP contribution in [-0.4, -0.2) is 117 Å². The molecule has 314 valence electrons. The van der Waals surface area contributed by atoms with Crippen molar-refractivity contribution in [2.75, 3.05) is 63.0 Å². The average Bonchev–Trinajstić information content (AvgIpc) is 3.77. The summed E-state index contributed by atoms with van der Waals surface area (Å²) in [4.78, 5) is 56.2. The van der Waals surface area contributed by atoms with Crippen LogP contribution in [0.1, 0.15) is 78.1 Å². The van der Waals surface area contributed by atoms with Crippen molar-refractivity contribution < 1.29 is 19.1 Å². The Morgan fingerprint density at radius 1 is 0.787 bits per heavy atom. The molecular weight excluding hydrogens is 769 g/mol. The largest absolute Gasteiger partial charge is 0.457 e. The number of hydrogen-bond donors (Lipinski definition) is 2. The standard InChI is InChI=1S/C47H52N10O4/c48-43-41-42(31-6-10-37(11-7-31)61-36-4-2-1-3-5-36)52-57(44(41)51-29-50-43)32-14-18-54(19-15-32)35-23-47(24-35)16-20-53(21-17-47)26-30-27-55(28-30)33-8-12-38-39(22-33)46(60)56(45(38)59)34-9-13-40(58)49-25-34/h1-8,10-12,22,29-30,32,34-35H,9,13-21,23-28H2,(H,49,58)(H2,48,50,51). The maximum Gasteiger partial charge on any atom is 0.261 e. The topological polar surface area (TPSA) is 155 Å². The summed E-state index contributed by atoms with van der Waals surface area (Å²) in [6.07, 6.45) is 9.62. The third-order valence-electron chi connectivity index (χ3n) is 14.6. The first-order valence-electron chi connectivity index (χ1n) is 22.1. The van der Waals surface area contributed by atoms with Crippen molar-refractivity contribution in [3.8, 4) is 22.8 Å². The summed E-state index contributed by atoms with van der Waals surface area (Å²) < 4.78 is 8.14. The Labute approximate surface area is 355 Å². The lowest BCUT2D eigenvalue weighted by Crippen LogP contribution is -2.58. The molecule has 3 N–H and O–H groups in total. The number of amides is 3. The molecule has 1 atom stereocenters. The predicted molar refractivity (Wildman–Crippen MR) is 231 cm³/mol. The van der Waals surface area contributed by atoms with E-state index >= 15 is 0 Å². The van der Waals surface area contributed by atoms with Gasteiger partial charge in [0.25, 0.3) is 11.8 Å². The summed E-state index contributed by atoms with van der Waals surface area (Å²) in [5.41, 5.74) is 11.5. The molecule has 11 rings (SSSR count). The van der Waals surface area contributed by atoms with Gasteiger partial charge >= 0.3 is 0 Å². The molecule has 3 amide bonds. The number of rotatable bonds is 9. The lowest BCUT2D eigenvalue weighted by molar-refractivity contribution is -0.123. The van der Waals surface area contributed by atoms with Gasteiger partial charge in [-0.15, -0.1) is 0 Å². The Morgan fingerprint density at radius 2 is 1.52 bits per heavy atom. The van der Waals surface area contributed by atoms with E-state index in [-0.39, 0.29) is 29.8 Å². The molecular formula is C47H52N10O4. The second-order valence-corrected chi connectivity index (χ2v) is 18.3. The third kappa shape index (κ3) is 6.99. The second kappa shape index (κ2) is 15.2. The van der Waals surface area contributed by atoms with E-state index in [9.17, 15) is 14.4 Å². The van der Waals surface area contributed by atoms with Gasteiger partial charge in [0.1, 0.15) is 29.3 Å². The molecule has 1 aliphatic carbocycles. The van der Waals surface area contributed by atoms with Crippen molar-refractivity contribution in [2.24, 2.45) is 11.3 Å². The number of benzene rings is 3. The smallest absolute Gasteiger partial charge is 0.261 e. The highest BCUT2D eigenvalue weighted by Crippen LogP contribution is 2.52. The van der Waals surface area contributed by atoms with Crippen LogP contribution < -0.4 is 20.7 Å². The van der Waals surface area contributed by atoms with Gasteiger partial charge in [-0.3, -0.25) is 19.3 Å². The van der Waals surface area contributed by atoms with E-state index in [2.05, 4.69) is 29.7 Å². The molecule has 7 heterocycles. The highest BCUT2D eigenvalue weighted by molar-refractivity contribution is 6.22. The van der Waals surface area contributed by atoms with E-state index < -0.39 is 0 Å². The van der Waals surface area contributed by atoms with Crippen molar-refractivity contribution in [1.29, 1.82) is 0 Å². The lowest BCUT2D eigenvalue weighted by atomic mass is 9.59. The number of nitrogen functional groups attached to an aromatic ring is 1. The van der Waals surface area contributed by atoms with Crippen LogP contribution in [0.15, 0.2) is 79.1 Å². The van der Waals surface area contributed by atoms with Crippen molar-refractivity contribution in [3.63, 3.8) is 0 Å². The van der Waals surface area contributed by atoms with Crippen molar-refractivity contribution in [3.05, 3.63) is 90.3 Å². The number of piperidine rings is 3. The van der Waals surface area contributed by atoms with E-state index in [0.29, 0.717) is 53.7 Å². The maximum absolute atomic E-state index is 13.3. The number of fused-ring (bicyclic) bond motifs is 2. The first-order chi connectivity index (χ1) is 29.8. The van der Waals surface area contributed by atoms with Crippen LogP contribution >= 0.6 is 0 Å². The number of carbonyl (C=O) groups excluding carboxylic acids is 3. The van der Waals surface area contributed by atoms with Crippen LogP contribution in [0, 0.1) is 11.3 Å². The third-order valence-corrected chi connectivity index (χ3v) is 14.6. The zero-order chi connectivity index (χ0) is 41.2. The van der Waals surface area contributed by atoms with Crippen LogP contribution in [0.4, 0.5) is 11.5 Å². The fourth-order valence-corrected chi connectivity index (χ4v) is 11.0. The van der Waals surface area contributed by atoms with Gasteiger partial charge in [-0.2, -0.15) is 5.10 Å². The zero-order valence-electron chi connectivity index (χ0n) is 34.4. The molecule has 6 aliphatic rings. The number of nitrogens with two attached hydrogens (primary N) is 1. The minimum Gasteiger partial charge on any atom is -0.457 e. The van der Waals surface area contributed by atoms with Gasteiger partial charge in [0.15, 0.2) is 5.65 Å². The molecule has 0 radical (unpaired) electrons. The molecule has 1 saturated carbocycles. The van der Waals surface area contributed by atoms with Crippen LogP contribution in [-0.2, 0) is 4.79 Å². The number of anilines is 2. The van der Waals surface area contributed by atoms with Gasteiger partial charge < -0.3 is 30.5 Å². The van der Waals surface area contributed by atoms with E-state index in [4.69, 9.17) is 20.6 Å². The molecule has 2 aromatic heterocycles. The highest BCUT2D eigenvalue weighted by atomic mass is 16.5. The molecule has 5 aliphatic heterocycles. The Hall–Kier alpha value is -5.86. The Morgan fingerprint density at radius 3 is 2.26 bits per heavy atom. The Bertz CT molecular complexity index is 2470. The first-order valence-corrected chi connectivity index (χ1v) is 22.1. The molecule has 4 saturated heterocycles. The molecule has 3 aromatic carbocycles. The number of carbonyl (C=O) groups is 3. The zero-order valence-corrected chi connectivity index (χ0v) is 34.4. The number of likely N-dealkylation sites (tertiary alicyclic amines) is 2. The predicted octanol–water partition coefficient (Wildman–Crippen LogP) is 5.76. The Balaban J connectivity index is 0.648. The number of imide groups is 1. The molecule has 14 heteroatoms. The molecule has 14 nitrogen and oxygen atoms in total. The first kappa shape index (κ1) is 38.1. The fourth-order valence-electron chi connectivity index (χ4n) is 11.0. The SMILES string of the molecule is Nc1ncnc2c1c(-c1ccc(Oc3ccccc3)cc1)nn2C1CCN(C2CC3(CCN(CC4CN(c5ccc6c(c5)C(=O)N(C5CCC(=O)NC5)C6=O)C4)CC3)C2)CC1. The van der Waals surface area contributed by atoms with Crippen molar-refractivity contribution in [1.82, 2.24) is 39.8 Å². The molecule has 5 aromatic rings.